The van der Waals surface area contributed by atoms with E-state index < -0.39 is 11.6 Å². The number of rotatable bonds is 4. The highest BCUT2D eigenvalue weighted by atomic mass is 32.2. The Labute approximate surface area is 133 Å². The van der Waals surface area contributed by atoms with Crippen LogP contribution in [-0.2, 0) is 6.54 Å². The van der Waals surface area contributed by atoms with E-state index in [1.165, 1.54) is 11.8 Å². The minimum Gasteiger partial charge on any atom is -0.396 e. The van der Waals surface area contributed by atoms with Crippen molar-refractivity contribution in [1.82, 2.24) is 9.97 Å². The molecule has 8 heteroatoms. The summed E-state index contributed by atoms with van der Waals surface area (Å²) in [4.78, 5) is 8.14. The summed E-state index contributed by atoms with van der Waals surface area (Å²) in [5, 5.41) is 2.92. The van der Waals surface area contributed by atoms with Crippen molar-refractivity contribution in [2.24, 2.45) is 0 Å². The second kappa shape index (κ2) is 6.05. The zero-order valence-electron chi connectivity index (χ0n) is 11.6. The first-order chi connectivity index (χ1) is 10.6. The number of thioether (sulfide) groups is 1. The van der Waals surface area contributed by atoms with Gasteiger partial charge in [0.25, 0.3) is 0 Å². The molecule has 0 aliphatic heterocycles. The van der Waals surface area contributed by atoms with Crippen molar-refractivity contribution in [3.63, 3.8) is 0 Å². The average Bonchev–Trinajstić information content (AvgIpc) is 2.96. The van der Waals surface area contributed by atoms with Gasteiger partial charge in [0.15, 0.2) is 10.2 Å². The first kappa shape index (κ1) is 15.0. The molecule has 0 amide bonds. The summed E-state index contributed by atoms with van der Waals surface area (Å²) in [6.45, 7) is 0.0897. The molecule has 3 rings (SSSR count). The van der Waals surface area contributed by atoms with Crippen LogP contribution in [0.2, 0.25) is 0 Å². The third kappa shape index (κ3) is 2.71. The van der Waals surface area contributed by atoms with Crippen molar-refractivity contribution in [1.29, 1.82) is 0 Å². The zero-order chi connectivity index (χ0) is 15.7. The van der Waals surface area contributed by atoms with Gasteiger partial charge in [-0.3, -0.25) is 0 Å². The molecule has 3 N–H and O–H groups in total. The summed E-state index contributed by atoms with van der Waals surface area (Å²) in [6.07, 6.45) is 3.40. The van der Waals surface area contributed by atoms with Crippen molar-refractivity contribution in [2.45, 2.75) is 10.9 Å². The Kier molecular flexibility index (Phi) is 4.12. The number of hydrogen-bond acceptors (Lipinski definition) is 6. The fourth-order valence-electron chi connectivity index (χ4n) is 2.00. The molecule has 0 fully saturated rings. The number of nitrogens with two attached hydrogens (primary N) is 1. The summed E-state index contributed by atoms with van der Waals surface area (Å²) in [5.74, 6) is -0.550. The molecule has 0 bridgehead atoms. The highest BCUT2D eigenvalue weighted by Gasteiger charge is 2.17. The molecular weight excluding hydrogens is 326 g/mol. The molecule has 3 aromatic rings. The van der Waals surface area contributed by atoms with Gasteiger partial charge in [-0.2, -0.15) is 0 Å². The highest BCUT2D eigenvalue weighted by Crippen LogP contribution is 2.33. The Morgan fingerprint density at radius 2 is 2.23 bits per heavy atom. The number of halogens is 2. The van der Waals surface area contributed by atoms with E-state index in [9.17, 15) is 8.78 Å². The number of nitrogens with one attached hydrogen (secondary N) is 1. The van der Waals surface area contributed by atoms with E-state index in [1.54, 1.807) is 18.3 Å². The molecule has 4 nitrogen and oxygen atoms in total. The minimum atomic E-state index is -0.529. The first-order valence-corrected chi connectivity index (χ1v) is 8.40. The largest absolute Gasteiger partial charge is 0.396 e. The molecule has 0 unspecified atom stereocenters. The van der Waals surface area contributed by atoms with E-state index in [4.69, 9.17) is 5.73 Å². The summed E-state index contributed by atoms with van der Waals surface area (Å²) in [7, 11) is 0. The van der Waals surface area contributed by atoms with E-state index in [2.05, 4.69) is 15.3 Å². The Balaban J connectivity index is 1.94. The van der Waals surface area contributed by atoms with Crippen LogP contribution in [0.1, 0.15) is 5.56 Å². The van der Waals surface area contributed by atoms with Gasteiger partial charge in [-0.1, -0.05) is 11.8 Å². The number of hydrogen-bond donors (Lipinski definition) is 2. The maximum Gasteiger partial charge on any atom is 0.151 e. The topological polar surface area (TPSA) is 63.8 Å². The molecule has 0 saturated carbocycles. The normalized spacial score (nSPS) is 11.0. The Hall–Kier alpha value is -1.93. The van der Waals surface area contributed by atoms with Crippen LogP contribution in [0.15, 0.2) is 28.7 Å². The third-order valence-corrected chi connectivity index (χ3v) is 5.11. The molecule has 0 radical (unpaired) electrons. The predicted molar refractivity (Wildman–Crippen MR) is 87.3 cm³/mol. The second-order valence-corrected chi connectivity index (χ2v) is 6.54. The van der Waals surface area contributed by atoms with Crippen LogP contribution < -0.4 is 11.1 Å². The van der Waals surface area contributed by atoms with E-state index in [-0.39, 0.29) is 22.3 Å². The number of pyridine rings is 1. The first-order valence-electron chi connectivity index (χ1n) is 6.36. The van der Waals surface area contributed by atoms with Gasteiger partial charge in [0.05, 0.1) is 10.4 Å². The lowest BCUT2D eigenvalue weighted by Gasteiger charge is -2.09. The fraction of sp³-hybridized carbons (Fsp3) is 0.143. The van der Waals surface area contributed by atoms with Gasteiger partial charge in [-0.05, 0) is 24.5 Å². The molecule has 0 saturated heterocycles. The maximum absolute atomic E-state index is 14.5. The summed E-state index contributed by atoms with van der Waals surface area (Å²) >= 11 is 2.51. The minimum absolute atomic E-state index is 0.0768. The van der Waals surface area contributed by atoms with Gasteiger partial charge < -0.3 is 11.1 Å². The second-order valence-electron chi connectivity index (χ2n) is 4.49. The van der Waals surface area contributed by atoms with E-state index >= 15 is 0 Å². The number of aromatic nitrogens is 2. The van der Waals surface area contributed by atoms with Gasteiger partial charge >= 0.3 is 0 Å². The number of nitrogens with zero attached hydrogens (tertiary/aromatic N) is 2. The Morgan fingerprint density at radius 3 is 2.95 bits per heavy atom. The van der Waals surface area contributed by atoms with Crippen LogP contribution >= 0.6 is 23.1 Å². The van der Waals surface area contributed by atoms with Crippen LogP contribution in [0.5, 0.6) is 0 Å². The number of nitrogen functional groups attached to an aromatic ring is 1. The molecule has 0 spiro atoms. The summed E-state index contributed by atoms with van der Waals surface area (Å²) < 4.78 is 29.4. The van der Waals surface area contributed by atoms with Gasteiger partial charge in [0.1, 0.15) is 17.2 Å². The standard InChI is InChI=1S/C14H12F2N4S2/c1-21-14-20-11-8(15)5-7(10(16)12(11)22-14)6-19-13-9(17)3-2-4-18-13/h2-5H,6,17H2,1H3,(H,18,19). The van der Waals surface area contributed by atoms with Gasteiger partial charge in [-0.25, -0.2) is 18.7 Å². The average molecular weight is 338 g/mol. The van der Waals surface area contributed by atoms with Crippen molar-refractivity contribution < 1.29 is 8.78 Å². The molecule has 114 valence electrons. The van der Waals surface area contributed by atoms with Crippen LogP contribution in [0.25, 0.3) is 10.2 Å². The van der Waals surface area contributed by atoms with Gasteiger partial charge in [0.2, 0.25) is 0 Å². The summed E-state index contributed by atoms with van der Waals surface area (Å²) in [5.41, 5.74) is 6.50. The molecule has 0 atom stereocenters. The lowest BCUT2D eigenvalue weighted by Crippen LogP contribution is -2.06. The Morgan fingerprint density at radius 1 is 1.41 bits per heavy atom. The number of fused-ring (bicyclic) bond motifs is 1. The quantitative estimate of drug-likeness (QED) is 0.707. The SMILES string of the molecule is CSc1nc2c(F)cc(CNc3ncccc3N)c(F)c2s1. The van der Waals surface area contributed by atoms with Gasteiger partial charge in [0, 0.05) is 18.3 Å². The third-order valence-electron chi connectivity index (χ3n) is 3.08. The Bertz CT molecular complexity index is 835. The van der Waals surface area contributed by atoms with Gasteiger partial charge in [-0.15, -0.1) is 11.3 Å². The van der Waals surface area contributed by atoms with Crippen LogP contribution in [0, 0.1) is 11.6 Å². The number of anilines is 2. The van der Waals surface area contributed by atoms with Crippen molar-refractivity contribution >= 4 is 44.8 Å². The number of thiazole rings is 1. The van der Waals surface area contributed by atoms with Crippen LogP contribution in [0.4, 0.5) is 20.3 Å². The van der Waals surface area contributed by atoms with E-state index in [0.29, 0.717) is 15.8 Å². The molecule has 0 aliphatic carbocycles. The van der Waals surface area contributed by atoms with E-state index in [1.807, 2.05) is 6.26 Å². The molecule has 2 aromatic heterocycles. The van der Waals surface area contributed by atoms with Crippen LogP contribution in [-0.4, -0.2) is 16.2 Å². The fourth-order valence-corrected chi connectivity index (χ4v) is 3.54. The van der Waals surface area contributed by atoms with E-state index in [0.717, 1.165) is 17.4 Å². The smallest absolute Gasteiger partial charge is 0.151 e. The van der Waals surface area contributed by atoms with Crippen LogP contribution in [0.3, 0.4) is 0 Å². The highest BCUT2D eigenvalue weighted by molar-refractivity contribution is 8.00. The lowest BCUT2D eigenvalue weighted by atomic mass is 10.2. The molecule has 0 aliphatic rings. The molecule has 1 aromatic carbocycles. The molecular formula is C14H12F2N4S2. The maximum atomic E-state index is 14.5. The molecule has 22 heavy (non-hydrogen) atoms. The van der Waals surface area contributed by atoms with Crippen molar-refractivity contribution in [3.8, 4) is 0 Å². The van der Waals surface area contributed by atoms with Crippen molar-refractivity contribution in [2.75, 3.05) is 17.3 Å². The number of benzene rings is 1. The van der Waals surface area contributed by atoms with Crippen molar-refractivity contribution in [3.05, 3.63) is 41.6 Å². The zero-order valence-corrected chi connectivity index (χ0v) is 13.2. The summed E-state index contributed by atoms with van der Waals surface area (Å²) in [6, 6.07) is 4.55. The molecule has 2 heterocycles. The monoisotopic (exact) mass is 338 g/mol. The predicted octanol–water partition coefficient (Wildman–Crippen LogP) is 3.89. The lowest BCUT2D eigenvalue weighted by molar-refractivity contribution is 0.605.